The third-order valence-electron chi connectivity index (χ3n) is 2.48. The molecule has 82 valence electrons. The highest BCUT2D eigenvalue weighted by atomic mass is 16.5. The molecule has 1 atom stereocenters. The van der Waals surface area contributed by atoms with Crippen molar-refractivity contribution < 1.29 is 9.32 Å². The van der Waals surface area contributed by atoms with Gasteiger partial charge in [-0.25, -0.2) is 0 Å². The van der Waals surface area contributed by atoms with Crippen LogP contribution in [-0.4, -0.2) is 29.6 Å². The topological polar surface area (TPSA) is 80.0 Å². The van der Waals surface area contributed by atoms with Crippen molar-refractivity contribution >= 4 is 5.91 Å². The SMILES string of the molecule is CNC(=O)c1noc([C@@H]2CCCCN2)n1. The van der Waals surface area contributed by atoms with Crippen LogP contribution in [0.1, 0.15) is 41.8 Å². The Bertz CT molecular complexity index is 344. The monoisotopic (exact) mass is 210 g/mol. The summed E-state index contributed by atoms with van der Waals surface area (Å²) in [6.07, 6.45) is 3.30. The first-order valence-electron chi connectivity index (χ1n) is 5.10. The molecule has 0 saturated carbocycles. The van der Waals surface area contributed by atoms with E-state index in [0.29, 0.717) is 5.89 Å². The molecule has 6 heteroatoms. The van der Waals surface area contributed by atoms with Crippen LogP contribution in [0.15, 0.2) is 4.52 Å². The van der Waals surface area contributed by atoms with Gasteiger partial charge in [0, 0.05) is 7.05 Å². The van der Waals surface area contributed by atoms with Gasteiger partial charge in [-0.15, -0.1) is 0 Å². The number of amides is 1. The van der Waals surface area contributed by atoms with Crippen molar-refractivity contribution in [1.82, 2.24) is 20.8 Å². The maximum atomic E-state index is 11.2. The molecule has 0 unspecified atom stereocenters. The molecule has 1 saturated heterocycles. The highest BCUT2D eigenvalue weighted by Crippen LogP contribution is 2.20. The molecule has 0 aliphatic carbocycles. The van der Waals surface area contributed by atoms with Crippen molar-refractivity contribution in [3.05, 3.63) is 11.7 Å². The zero-order valence-electron chi connectivity index (χ0n) is 8.62. The Morgan fingerprint density at radius 1 is 1.60 bits per heavy atom. The summed E-state index contributed by atoms with van der Waals surface area (Å²) < 4.78 is 5.04. The Morgan fingerprint density at radius 2 is 2.47 bits per heavy atom. The maximum Gasteiger partial charge on any atom is 0.292 e. The van der Waals surface area contributed by atoms with Gasteiger partial charge in [-0.2, -0.15) is 4.98 Å². The van der Waals surface area contributed by atoms with E-state index < -0.39 is 0 Å². The van der Waals surface area contributed by atoms with Crippen LogP contribution in [0, 0.1) is 0 Å². The summed E-state index contributed by atoms with van der Waals surface area (Å²) in [5.41, 5.74) is 0. The minimum absolute atomic E-state index is 0.0971. The minimum atomic E-state index is -0.319. The van der Waals surface area contributed by atoms with E-state index in [1.807, 2.05) is 0 Å². The second-order valence-electron chi connectivity index (χ2n) is 3.54. The third kappa shape index (κ3) is 2.15. The Morgan fingerprint density at radius 3 is 3.13 bits per heavy atom. The van der Waals surface area contributed by atoms with Gasteiger partial charge in [0.1, 0.15) is 0 Å². The summed E-state index contributed by atoms with van der Waals surface area (Å²) in [4.78, 5) is 15.2. The molecule has 1 fully saturated rings. The standard InChI is InChI=1S/C9H14N4O2/c1-10-8(14)7-12-9(15-13-7)6-4-2-3-5-11-6/h6,11H,2-5H2,1H3,(H,10,14)/t6-/m0/s1. The van der Waals surface area contributed by atoms with Crippen LogP contribution in [0.25, 0.3) is 0 Å². The lowest BCUT2D eigenvalue weighted by Gasteiger charge is -2.19. The predicted molar refractivity (Wildman–Crippen MR) is 52.3 cm³/mol. The van der Waals surface area contributed by atoms with Crippen LogP contribution in [0.3, 0.4) is 0 Å². The van der Waals surface area contributed by atoms with Crippen LogP contribution in [0.2, 0.25) is 0 Å². The first-order valence-corrected chi connectivity index (χ1v) is 5.10. The smallest absolute Gasteiger partial charge is 0.292 e. The lowest BCUT2D eigenvalue weighted by atomic mass is 10.1. The van der Waals surface area contributed by atoms with Gasteiger partial charge in [0.15, 0.2) is 0 Å². The average molecular weight is 210 g/mol. The van der Waals surface area contributed by atoms with Crippen molar-refractivity contribution in [2.24, 2.45) is 0 Å². The van der Waals surface area contributed by atoms with E-state index in [9.17, 15) is 4.79 Å². The molecule has 0 aromatic carbocycles. The predicted octanol–water partition coefficient (Wildman–Crippen LogP) is 0.244. The first-order chi connectivity index (χ1) is 7.31. The molecule has 0 radical (unpaired) electrons. The quantitative estimate of drug-likeness (QED) is 0.731. The fourth-order valence-electron chi connectivity index (χ4n) is 1.64. The summed E-state index contributed by atoms with van der Waals surface area (Å²) in [6.45, 7) is 0.961. The average Bonchev–Trinajstić information content (AvgIpc) is 2.78. The normalized spacial score (nSPS) is 21.3. The lowest BCUT2D eigenvalue weighted by molar-refractivity contribution is 0.0950. The summed E-state index contributed by atoms with van der Waals surface area (Å²) in [7, 11) is 1.54. The second kappa shape index (κ2) is 4.39. The molecule has 1 aromatic heterocycles. The summed E-state index contributed by atoms with van der Waals surface area (Å²) >= 11 is 0. The van der Waals surface area contributed by atoms with E-state index in [-0.39, 0.29) is 17.8 Å². The highest BCUT2D eigenvalue weighted by molar-refractivity contribution is 5.89. The van der Waals surface area contributed by atoms with Crippen molar-refractivity contribution in [2.75, 3.05) is 13.6 Å². The fraction of sp³-hybridized carbons (Fsp3) is 0.667. The fourth-order valence-corrected chi connectivity index (χ4v) is 1.64. The molecule has 15 heavy (non-hydrogen) atoms. The molecule has 1 aliphatic rings. The molecule has 2 N–H and O–H groups in total. The van der Waals surface area contributed by atoms with Crippen LogP contribution in [0.5, 0.6) is 0 Å². The molecule has 6 nitrogen and oxygen atoms in total. The van der Waals surface area contributed by atoms with Crippen LogP contribution < -0.4 is 10.6 Å². The van der Waals surface area contributed by atoms with Crippen molar-refractivity contribution in [3.63, 3.8) is 0 Å². The number of nitrogens with one attached hydrogen (secondary N) is 2. The van der Waals surface area contributed by atoms with E-state index in [4.69, 9.17) is 4.52 Å². The number of carbonyl (C=O) groups is 1. The van der Waals surface area contributed by atoms with Gasteiger partial charge in [0.05, 0.1) is 6.04 Å². The van der Waals surface area contributed by atoms with Crippen molar-refractivity contribution in [3.8, 4) is 0 Å². The first kappa shape index (κ1) is 10.1. The Hall–Kier alpha value is -1.43. The number of piperidine rings is 1. The number of carbonyl (C=O) groups excluding carboxylic acids is 1. The molecular weight excluding hydrogens is 196 g/mol. The Labute approximate surface area is 87.4 Å². The van der Waals surface area contributed by atoms with Crippen LogP contribution >= 0.6 is 0 Å². The molecule has 2 rings (SSSR count). The van der Waals surface area contributed by atoms with Gasteiger partial charge in [0.2, 0.25) is 5.89 Å². The van der Waals surface area contributed by atoms with Crippen LogP contribution in [-0.2, 0) is 0 Å². The summed E-state index contributed by atoms with van der Waals surface area (Å²) in [5, 5.41) is 9.35. The zero-order valence-corrected chi connectivity index (χ0v) is 8.62. The Kier molecular flexibility index (Phi) is 2.96. The second-order valence-corrected chi connectivity index (χ2v) is 3.54. The van der Waals surface area contributed by atoms with E-state index in [0.717, 1.165) is 19.4 Å². The van der Waals surface area contributed by atoms with E-state index >= 15 is 0 Å². The third-order valence-corrected chi connectivity index (χ3v) is 2.48. The Balaban J connectivity index is 2.08. The van der Waals surface area contributed by atoms with E-state index in [2.05, 4.69) is 20.8 Å². The molecule has 1 aliphatic heterocycles. The lowest BCUT2D eigenvalue weighted by Crippen LogP contribution is -2.27. The number of hydrogen-bond donors (Lipinski definition) is 2. The molecular formula is C9H14N4O2. The van der Waals surface area contributed by atoms with E-state index in [1.165, 1.54) is 13.5 Å². The van der Waals surface area contributed by atoms with Crippen LogP contribution in [0.4, 0.5) is 0 Å². The number of aromatic nitrogens is 2. The molecule has 0 bridgehead atoms. The largest absolute Gasteiger partial charge is 0.352 e. The molecule has 0 spiro atoms. The number of hydrogen-bond acceptors (Lipinski definition) is 5. The highest BCUT2D eigenvalue weighted by Gasteiger charge is 2.22. The van der Waals surface area contributed by atoms with Gasteiger partial charge in [-0.1, -0.05) is 11.6 Å². The van der Waals surface area contributed by atoms with Gasteiger partial charge in [-0.05, 0) is 19.4 Å². The zero-order chi connectivity index (χ0) is 10.7. The van der Waals surface area contributed by atoms with Gasteiger partial charge >= 0.3 is 0 Å². The number of nitrogens with zero attached hydrogens (tertiary/aromatic N) is 2. The summed E-state index contributed by atoms with van der Waals surface area (Å²) in [5.74, 6) is 0.286. The van der Waals surface area contributed by atoms with Crippen molar-refractivity contribution in [1.29, 1.82) is 0 Å². The number of rotatable bonds is 2. The molecule has 1 amide bonds. The van der Waals surface area contributed by atoms with Gasteiger partial charge in [0.25, 0.3) is 11.7 Å². The van der Waals surface area contributed by atoms with E-state index in [1.54, 1.807) is 0 Å². The van der Waals surface area contributed by atoms with Gasteiger partial charge < -0.3 is 15.2 Å². The molecule has 1 aromatic rings. The maximum absolute atomic E-state index is 11.2. The van der Waals surface area contributed by atoms with Gasteiger partial charge in [-0.3, -0.25) is 4.79 Å². The minimum Gasteiger partial charge on any atom is -0.352 e. The summed E-state index contributed by atoms with van der Waals surface area (Å²) in [6, 6.07) is 0.102. The van der Waals surface area contributed by atoms with Crippen molar-refractivity contribution in [2.45, 2.75) is 25.3 Å². The molecule has 2 heterocycles.